The van der Waals surface area contributed by atoms with E-state index in [9.17, 15) is 0 Å². The molecular formula is C17H14BrClN4O. The van der Waals surface area contributed by atoms with Crippen molar-refractivity contribution in [1.82, 2.24) is 20.2 Å². The minimum Gasteiger partial charge on any atom is -0.271 e. The van der Waals surface area contributed by atoms with Gasteiger partial charge in [0.1, 0.15) is 12.7 Å². The van der Waals surface area contributed by atoms with Gasteiger partial charge in [-0.15, -0.1) is 0 Å². The minimum atomic E-state index is 0.405. The van der Waals surface area contributed by atoms with E-state index in [-0.39, 0.29) is 0 Å². The SMILES string of the molecule is Clc1ccc(CONC(=Cn2cncn2)c2ccc(Br)cc2)cc1. The third kappa shape index (κ3) is 4.67. The van der Waals surface area contributed by atoms with Crippen LogP contribution in [0.15, 0.2) is 65.7 Å². The molecule has 1 heterocycles. The molecule has 1 N–H and O–H groups in total. The smallest absolute Gasteiger partial charge is 0.138 e. The molecule has 0 fully saturated rings. The highest BCUT2D eigenvalue weighted by atomic mass is 79.9. The van der Waals surface area contributed by atoms with Crippen molar-refractivity contribution in [1.29, 1.82) is 0 Å². The van der Waals surface area contributed by atoms with Crippen molar-refractivity contribution in [3.05, 3.63) is 81.8 Å². The molecule has 0 aliphatic heterocycles. The standard InChI is InChI=1S/C17H14BrClN4O/c18-15-5-3-14(4-6-15)17(9-23-12-20-11-21-23)22-24-10-13-1-7-16(19)8-2-13/h1-9,11-12,22H,10H2. The van der Waals surface area contributed by atoms with E-state index in [1.165, 1.54) is 6.33 Å². The highest BCUT2D eigenvalue weighted by molar-refractivity contribution is 9.10. The van der Waals surface area contributed by atoms with Crippen LogP contribution in [0.3, 0.4) is 0 Å². The van der Waals surface area contributed by atoms with Gasteiger partial charge in [-0.05, 0) is 29.8 Å². The van der Waals surface area contributed by atoms with Crippen LogP contribution < -0.4 is 5.48 Å². The third-order valence-electron chi connectivity index (χ3n) is 3.19. The second-order valence-electron chi connectivity index (χ2n) is 4.94. The molecule has 0 saturated carbocycles. The summed E-state index contributed by atoms with van der Waals surface area (Å²) in [4.78, 5) is 9.56. The predicted molar refractivity (Wildman–Crippen MR) is 97.7 cm³/mol. The molecule has 7 heteroatoms. The van der Waals surface area contributed by atoms with Crippen molar-refractivity contribution in [3.8, 4) is 0 Å². The van der Waals surface area contributed by atoms with Gasteiger partial charge in [0, 0.05) is 15.1 Å². The molecule has 0 saturated heterocycles. The second-order valence-corrected chi connectivity index (χ2v) is 6.29. The molecular weight excluding hydrogens is 392 g/mol. The number of benzene rings is 2. The van der Waals surface area contributed by atoms with Gasteiger partial charge in [0.25, 0.3) is 0 Å². The van der Waals surface area contributed by atoms with Gasteiger partial charge >= 0.3 is 0 Å². The molecule has 122 valence electrons. The van der Waals surface area contributed by atoms with Crippen LogP contribution in [0.4, 0.5) is 0 Å². The number of halogens is 2. The van der Waals surface area contributed by atoms with Gasteiger partial charge in [0.15, 0.2) is 0 Å². The van der Waals surface area contributed by atoms with Crippen LogP contribution in [0.25, 0.3) is 11.9 Å². The highest BCUT2D eigenvalue weighted by Gasteiger charge is 2.03. The van der Waals surface area contributed by atoms with Crippen molar-refractivity contribution in [2.45, 2.75) is 6.61 Å². The number of nitrogens with one attached hydrogen (secondary N) is 1. The van der Waals surface area contributed by atoms with Gasteiger partial charge in [-0.25, -0.2) is 9.67 Å². The van der Waals surface area contributed by atoms with Crippen molar-refractivity contribution >= 4 is 39.4 Å². The molecule has 0 aliphatic rings. The van der Waals surface area contributed by atoms with E-state index in [0.717, 1.165) is 21.3 Å². The van der Waals surface area contributed by atoms with E-state index in [1.54, 1.807) is 17.2 Å². The first-order chi connectivity index (χ1) is 11.7. The fourth-order valence-corrected chi connectivity index (χ4v) is 2.37. The summed E-state index contributed by atoms with van der Waals surface area (Å²) in [5.41, 5.74) is 5.73. The number of hydroxylamine groups is 1. The first-order valence-electron chi connectivity index (χ1n) is 7.15. The lowest BCUT2D eigenvalue weighted by atomic mass is 10.2. The molecule has 0 aliphatic carbocycles. The zero-order valence-electron chi connectivity index (χ0n) is 12.6. The summed E-state index contributed by atoms with van der Waals surface area (Å²) >= 11 is 9.32. The average molecular weight is 406 g/mol. The van der Waals surface area contributed by atoms with Crippen LogP contribution in [0, 0.1) is 0 Å². The molecule has 3 aromatic rings. The number of hydrogen-bond donors (Lipinski definition) is 1. The number of hydrogen-bond acceptors (Lipinski definition) is 4. The predicted octanol–water partition coefficient (Wildman–Crippen LogP) is 4.37. The van der Waals surface area contributed by atoms with Crippen molar-refractivity contribution in [2.75, 3.05) is 0 Å². The number of nitrogens with zero attached hydrogens (tertiary/aromatic N) is 3. The van der Waals surface area contributed by atoms with E-state index < -0.39 is 0 Å². The zero-order chi connectivity index (χ0) is 16.8. The molecule has 0 unspecified atom stereocenters. The fraction of sp³-hybridized carbons (Fsp3) is 0.0588. The Labute approximate surface area is 153 Å². The highest BCUT2D eigenvalue weighted by Crippen LogP contribution is 2.17. The van der Waals surface area contributed by atoms with E-state index >= 15 is 0 Å². The summed E-state index contributed by atoms with van der Waals surface area (Å²) in [5, 5.41) is 4.79. The molecule has 0 radical (unpaired) electrons. The van der Waals surface area contributed by atoms with Crippen LogP contribution in [0.5, 0.6) is 0 Å². The van der Waals surface area contributed by atoms with E-state index in [4.69, 9.17) is 16.4 Å². The van der Waals surface area contributed by atoms with Gasteiger partial charge in [0.05, 0.1) is 18.5 Å². The lowest BCUT2D eigenvalue weighted by molar-refractivity contribution is 0.0649. The second kappa shape index (κ2) is 8.10. The van der Waals surface area contributed by atoms with Crippen LogP contribution in [0.2, 0.25) is 5.02 Å². The molecule has 24 heavy (non-hydrogen) atoms. The normalized spacial score (nSPS) is 11.5. The fourth-order valence-electron chi connectivity index (χ4n) is 1.98. The lowest BCUT2D eigenvalue weighted by Gasteiger charge is -2.12. The van der Waals surface area contributed by atoms with Crippen LogP contribution >= 0.6 is 27.5 Å². The summed E-state index contributed by atoms with van der Waals surface area (Å²) in [6.07, 6.45) is 4.89. The van der Waals surface area contributed by atoms with Crippen molar-refractivity contribution in [2.24, 2.45) is 0 Å². The van der Waals surface area contributed by atoms with Gasteiger partial charge in [-0.3, -0.25) is 10.3 Å². The minimum absolute atomic E-state index is 0.405. The number of rotatable bonds is 6. The summed E-state index contributed by atoms with van der Waals surface area (Å²) < 4.78 is 2.61. The molecule has 5 nitrogen and oxygen atoms in total. The Morgan fingerprint density at radius 3 is 2.58 bits per heavy atom. The van der Waals surface area contributed by atoms with E-state index in [2.05, 4.69) is 31.5 Å². The van der Waals surface area contributed by atoms with Gasteiger partial charge in [-0.2, -0.15) is 5.10 Å². The maximum absolute atomic E-state index is 5.88. The van der Waals surface area contributed by atoms with Crippen molar-refractivity contribution < 1.29 is 4.84 Å². The first-order valence-corrected chi connectivity index (χ1v) is 8.32. The Balaban J connectivity index is 1.72. The van der Waals surface area contributed by atoms with Crippen molar-refractivity contribution in [3.63, 3.8) is 0 Å². The molecule has 1 aromatic heterocycles. The molecule has 0 spiro atoms. The maximum atomic E-state index is 5.88. The Kier molecular flexibility index (Phi) is 5.63. The Bertz CT molecular complexity index is 802. The first kappa shape index (κ1) is 16.7. The summed E-state index contributed by atoms with van der Waals surface area (Å²) in [7, 11) is 0. The monoisotopic (exact) mass is 404 g/mol. The van der Waals surface area contributed by atoms with Crippen LogP contribution in [0.1, 0.15) is 11.1 Å². The number of aromatic nitrogens is 3. The topological polar surface area (TPSA) is 52.0 Å². The quantitative estimate of drug-likeness (QED) is 0.619. The zero-order valence-corrected chi connectivity index (χ0v) is 14.9. The summed E-state index contributed by atoms with van der Waals surface area (Å²) in [5.74, 6) is 0. The van der Waals surface area contributed by atoms with E-state index in [0.29, 0.717) is 11.6 Å². The molecule has 0 amide bonds. The Morgan fingerprint density at radius 1 is 1.17 bits per heavy atom. The average Bonchev–Trinajstić information content (AvgIpc) is 3.10. The molecule has 0 atom stereocenters. The summed E-state index contributed by atoms with van der Waals surface area (Å²) in [6.45, 7) is 0.405. The maximum Gasteiger partial charge on any atom is 0.138 e. The molecule has 2 aromatic carbocycles. The third-order valence-corrected chi connectivity index (χ3v) is 3.97. The Hall–Kier alpha value is -2.15. The van der Waals surface area contributed by atoms with Crippen LogP contribution in [-0.4, -0.2) is 14.8 Å². The Morgan fingerprint density at radius 2 is 1.92 bits per heavy atom. The van der Waals surface area contributed by atoms with Gasteiger partial charge < -0.3 is 0 Å². The van der Waals surface area contributed by atoms with E-state index in [1.807, 2.05) is 48.5 Å². The largest absolute Gasteiger partial charge is 0.271 e. The lowest BCUT2D eigenvalue weighted by Crippen LogP contribution is -2.14. The summed E-state index contributed by atoms with van der Waals surface area (Å²) in [6, 6.07) is 15.4. The molecule has 0 bridgehead atoms. The van der Waals surface area contributed by atoms with Gasteiger partial charge in [0.2, 0.25) is 0 Å². The van der Waals surface area contributed by atoms with Crippen LogP contribution in [-0.2, 0) is 11.4 Å². The van der Waals surface area contributed by atoms with Gasteiger partial charge in [-0.1, -0.05) is 51.8 Å². The molecule has 3 rings (SSSR count).